The van der Waals surface area contributed by atoms with Crippen LogP contribution in [0.1, 0.15) is 60.3 Å². The van der Waals surface area contributed by atoms with Gasteiger partial charge in [0.05, 0.1) is 12.1 Å². The van der Waals surface area contributed by atoms with Crippen LogP contribution in [0.5, 0.6) is 0 Å². The summed E-state index contributed by atoms with van der Waals surface area (Å²) in [4.78, 5) is 48.1. The van der Waals surface area contributed by atoms with E-state index >= 15 is 0 Å². The third-order valence-corrected chi connectivity index (χ3v) is 4.82. The third-order valence-electron chi connectivity index (χ3n) is 4.17. The molecule has 0 aliphatic carbocycles. The van der Waals surface area contributed by atoms with Gasteiger partial charge in [0, 0.05) is 19.3 Å². The topological polar surface area (TPSA) is 92.3 Å². The summed E-state index contributed by atoms with van der Waals surface area (Å²) in [6.45, 7) is 9.35. The predicted molar refractivity (Wildman–Crippen MR) is 111 cm³/mol. The Morgan fingerprint density at radius 3 is 2.04 bits per heavy atom. The standard InChI is InChI=1S/C20H36N2O4S/c1-13(2)9-16(20(26)22-17(12-23)7-8-27-6)11-19(25)18(10-14(3)4)21-15(5)24/h12-14,16-18H,7-11H2,1-6H3,(H,21,24)(H,22,26)/t16?,17-,18-/m0/s1. The highest BCUT2D eigenvalue weighted by Crippen LogP contribution is 2.19. The number of carbonyl (C=O) groups is 4. The molecule has 6 nitrogen and oxygen atoms in total. The van der Waals surface area contributed by atoms with Gasteiger partial charge in [-0.2, -0.15) is 11.8 Å². The number of hydrogen-bond acceptors (Lipinski definition) is 5. The molecule has 0 fully saturated rings. The van der Waals surface area contributed by atoms with E-state index in [0.717, 1.165) is 12.0 Å². The molecule has 27 heavy (non-hydrogen) atoms. The molecule has 0 aromatic rings. The lowest BCUT2D eigenvalue weighted by atomic mass is 9.88. The number of thioether (sulfide) groups is 1. The summed E-state index contributed by atoms with van der Waals surface area (Å²) in [6, 6.07) is -1.11. The Kier molecular flexibility index (Phi) is 13.0. The molecule has 2 amide bonds. The van der Waals surface area contributed by atoms with E-state index in [4.69, 9.17) is 0 Å². The highest BCUT2D eigenvalue weighted by molar-refractivity contribution is 7.98. The second-order valence-corrected chi connectivity index (χ2v) is 8.90. The van der Waals surface area contributed by atoms with Gasteiger partial charge >= 0.3 is 0 Å². The molecule has 0 heterocycles. The van der Waals surface area contributed by atoms with Crippen molar-refractivity contribution in [3.05, 3.63) is 0 Å². The quantitative estimate of drug-likeness (QED) is 0.437. The molecule has 0 bridgehead atoms. The van der Waals surface area contributed by atoms with E-state index in [0.29, 0.717) is 19.3 Å². The van der Waals surface area contributed by atoms with Crippen LogP contribution in [0.2, 0.25) is 0 Å². The van der Waals surface area contributed by atoms with E-state index in [1.54, 1.807) is 11.8 Å². The Morgan fingerprint density at radius 1 is 1.00 bits per heavy atom. The van der Waals surface area contributed by atoms with Gasteiger partial charge in [-0.1, -0.05) is 27.7 Å². The van der Waals surface area contributed by atoms with Gasteiger partial charge in [-0.25, -0.2) is 0 Å². The number of amides is 2. The smallest absolute Gasteiger partial charge is 0.224 e. The molecule has 1 unspecified atom stereocenters. The monoisotopic (exact) mass is 400 g/mol. The summed E-state index contributed by atoms with van der Waals surface area (Å²) in [7, 11) is 0. The minimum absolute atomic E-state index is 0.0653. The molecular weight excluding hydrogens is 364 g/mol. The fourth-order valence-corrected chi connectivity index (χ4v) is 3.43. The molecule has 0 rings (SSSR count). The lowest BCUT2D eigenvalue weighted by Crippen LogP contribution is -2.45. The van der Waals surface area contributed by atoms with Crippen LogP contribution < -0.4 is 10.6 Å². The molecule has 2 N–H and O–H groups in total. The molecule has 0 saturated carbocycles. The van der Waals surface area contributed by atoms with Crippen molar-refractivity contribution in [3.63, 3.8) is 0 Å². The van der Waals surface area contributed by atoms with Crippen molar-refractivity contribution in [2.75, 3.05) is 12.0 Å². The molecule has 3 atom stereocenters. The molecule has 7 heteroatoms. The molecule has 0 aliphatic rings. The van der Waals surface area contributed by atoms with Gasteiger partial charge < -0.3 is 15.4 Å². The fourth-order valence-electron chi connectivity index (χ4n) is 2.94. The molecule has 0 spiro atoms. The van der Waals surface area contributed by atoms with Gasteiger partial charge in [-0.05, 0) is 43.1 Å². The number of Topliss-reactive ketones (excluding diaryl/α,β-unsaturated/α-hetero) is 1. The maximum Gasteiger partial charge on any atom is 0.224 e. The zero-order valence-electron chi connectivity index (χ0n) is 17.5. The molecule has 0 saturated heterocycles. The Morgan fingerprint density at radius 2 is 1.59 bits per heavy atom. The highest BCUT2D eigenvalue weighted by Gasteiger charge is 2.29. The SMILES string of the molecule is CSCC[C@@H](C=O)NC(=O)C(CC(=O)[C@H](CC(C)C)NC(C)=O)CC(C)C. The normalized spacial score (nSPS) is 14.5. The zero-order chi connectivity index (χ0) is 21.0. The highest BCUT2D eigenvalue weighted by atomic mass is 32.2. The average molecular weight is 401 g/mol. The minimum Gasteiger partial charge on any atom is -0.347 e. The molecule has 0 radical (unpaired) electrons. The van der Waals surface area contributed by atoms with Crippen LogP contribution in [-0.2, 0) is 19.2 Å². The average Bonchev–Trinajstić information content (AvgIpc) is 2.55. The van der Waals surface area contributed by atoms with Crippen molar-refractivity contribution in [1.29, 1.82) is 0 Å². The van der Waals surface area contributed by atoms with E-state index in [1.165, 1.54) is 6.92 Å². The summed E-state index contributed by atoms with van der Waals surface area (Å²) in [5, 5.41) is 5.48. The first-order valence-corrected chi connectivity index (χ1v) is 11.0. The summed E-state index contributed by atoms with van der Waals surface area (Å²) in [5.74, 6) is 0.103. The van der Waals surface area contributed by atoms with Crippen LogP contribution in [0.4, 0.5) is 0 Å². The van der Waals surface area contributed by atoms with Crippen LogP contribution in [-0.4, -0.2) is 48.0 Å². The van der Waals surface area contributed by atoms with Gasteiger partial charge in [-0.15, -0.1) is 0 Å². The van der Waals surface area contributed by atoms with Crippen molar-refractivity contribution in [3.8, 4) is 0 Å². The second-order valence-electron chi connectivity index (χ2n) is 7.91. The zero-order valence-corrected chi connectivity index (χ0v) is 18.4. The van der Waals surface area contributed by atoms with Crippen LogP contribution in [0.25, 0.3) is 0 Å². The largest absolute Gasteiger partial charge is 0.347 e. The van der Waals surface area contributed by atoms with Crippen LogP contribution in [0.3, 0.4) is 0 Å². The predicted octanol–water partition coefficient (Wildman–Crippen LogP) is 2.60. The first-order valence-electron chi connectivity index (χ1n) is 9.65. The van der Waals surface area contributed by atoms with Crippen molar-refractivity contribution >= 4 is 35.6 Å². The first kappa shape index (κ1) is 25.6. The first-order chi connectivity index (χ1) is 12.6. The molecule has 0 aliphatic heterocycles. The number of hydrogen-bond donors (Lipinski definition) is 2. The van der Waals surface area contributed by atoms with Crippen LogP contribution in [0.15, 0.2) is 0 Å². The van der Waals surface area contributed by atoms with E-state index < -0.39 is 18.0 Å². The minimum atomic E-state index is -0.580. The van der Waals surface area contributed by atoms with Gasteiger partial charge in [0.2, 0.25) is 11.8 Å². The number of ketones is 1. The van der Waals surface area contributed by atoms with Crippen molar-refractivity contribution in [2.24, 2.45) is 17.8 Å². The Labute approximate surface area is 168 Å². The Hall–Kier alpha value is -1.37. The van der Waals surface area contributed by atoms with E-state index in [1.807, 2.05) is 34.0 Å². The van der Waals surface area contributed by atoms with E-state index in [-0.39, 0.29) is 35.9 Å². The number of rotatable bonds is 14. The van der Waals surface area contributed by atoms with E-state index in [9.17, 15) is 19.2 Å². The van der Waals surface area contributed by atoms with Crippen molar-refractivity contribution in [1.82, 2.24) is 10.6 Å². The summed E-state index contributed by atoms with van der Waals surface area (Å²) < 4.78 is 0. The van der Waals surface area contributed by atoms with Gasteiger partial charge in [0.1, 0.15) is 6.29 Å². The third kappa shape index (κ3) is 11.8. The number of aldehydes is 1. The fraction of sp³-hybridized carbons (Fsp3) is 0.800. The van der Waals surface area contributed by atoms with Crippen LogP contribution in [0, 0.1) is 17.8 Å². The number of carbonyl (C=O) groups excluding carboxylic acids is 4. The summed E-state index contributed by atoms with van der Waals surface area (Å²) in [6.07, 6.45) is 4.43. The lowest BCUT2D eigenvalue weighted by Gasteiger charge is -2.24. The van der Waals surface area contributed by atoms with Gasteiger partial charge in [0.25, 0.3) is 0 Å². The number of nitrogens with one attached hydrogen (secondary N) is 2. The molecule has 0 aromatic carbocycles. The molecule has 156 valence electrons. The maximum absolute atomic E-state index is 12.8. The Balaban J connectivity index is 5.14. The van der Waals surface area contributed by atoms with E-state index in [2.05, 4.69) is 10.6 Å². The maximum atomic E-state index is 12.8. The molecule has 0 aromatic heterocycles. The molecular formula is C20H36N2O4S. The van der Waals surface area contributed by atoms with Crippen LogP contribution >= 0.6 is 11.8 Å². The van der Waals surface area contributed by atoms with Gasteiger partial charge in [0.15, 0.2) is 5.78 Å². The summed E-state index contributed by atoms with van der Waals surface area (Å²) in [5.41, 5.74) is 0. The second kappa shape index (κ2) is 13.7. The van der Waals surface area contributed by atoms with Gasteiger partial charge in [-0.3, -0.25) is 14.4 Å². The van der Waals surface area contributed by atoms with Crippen molar-refractivity contribution in [2.45, 2.75) is 72.4 Å². The van der Waals surface area contributed by atoms with Crippen molar-refractivity contribution < 1.29 is 19.2 Å². The summed E-state index contributed by atoms with van der Waals surface area (Å²) >= 11 is 1.61. The Bertz CT molecular complexity index is 494. The lowest BCUT2D eigenvalue weighted by molar-refractivity contribution is -0.133.